The first-order chi connectivity index (χ1) is 8.24. The van der Waals surface area contributed by atoms with Crippen molar-refractivity contribution in [2.75, 3.05) is 20.1 Å². The van der Waals surface area contributed by atoms with Gasteiger partial charge in [-0.15, -0.1) is 0 Å². The molecule has 0 aromatic heterocycles. The van der Waals surface area contributed by atoms with E-state index in [-0.39, 0.29) is 0 Å². The Morgan fingerprint density at radius 3 is 2.65 bits per heavy atom. The molecule has 0 aromatic rings. The third-order valence-corrected chi connectivity index (χ3v) is 4.82. The SMILES string of the molecule is CCCCC1CC(NC)CN(C(C)C2CC2)C1. The molecule has 3 unspecified atom stereocenters. The van der Waals surface area contributed by atoms with Crippen molar-refractivity contribution in [3.8, 4) is 0 Å². The summed E-state index contributed by atoms with van der Waals surface area (Å²) in [5.74, 6) is 1.94. The highest BCUT2D eigenvalue weighted by Gasteiger charge is 2.36. The van der Waals surface area contributed by atoms with Gasteiger partial charge in [-0.2, -0.15) is 0 Å². The van der Waals surface area contributed by atoms with E-state index in [1.54, 1.807) is 0 Å². The number of likely N-dealkylation sites (tertiary alicyclic amines) is 1. The Morgan fingerprint density at radius 2 is 2.06 bits per heavy atom. The Kier molecular flexibility index (Phi) is 4.87. The van der Waals surface area contributed by atoms with Crippen LogP contribution in [0.4, 0.5) is 0 Å². The number of nitrogens with one attached hydrogen (secondary N) is 1. The van der Waals surface area contributed by atoms with Crippen LogP contribution in [-0.4, -0.2) is 37.1 Å². The molecule has 1 aliphatic carbocycles. The summed E-state index contributed by atoms with van der Waals surface area (Å²) in [6.07, 6.45) is 8.53. The molecular formula is C15H30N2. The summed E-state index contributed by atoms with van der Waals surface area (Å²) in [6.45, 7) is 7.39. The first kappa shape index (κ1) is 13.4. The van der Waals surface area contributed by atoms with E-state index in [0.29, 0.717) is 0 Å². The lowest BCUT2D eigenvalue weighted by Gasteiger charge is -2.41. The van der Waals surface area contributed by atoms with E-state index in [1.165, 1.54) is 51.6 Å². The summed E-state index contributed by atoms with van der Waals surface area (Å²) in [4.78, 5) is 2.77. The number of hydrogen-bond donors (Lipinski definition) is 1. The fourth-order valence-electron chi connectivity index (χ4n) is 3.36. The summed E-state index contributed by atoms with van der Waals surface area (Å²) in [7, 11) is 2.13. The predicted molar refractivity (Wildman–Crippen MR) is 74.2 cm³/mol. The highest BCUT2D eigenvalue weighted by Crippen LogP contribution is 2.37. The number of rotatable bonds is 6. The molecule has 3 atom stereocenters. The molecule has 1 aliphatic heterocycles. The quantitative estimate of drug-likeness (QED) is 0.765. The number of hydrogen-bond acceptors (Lipinski definition) is 2. The second-order valence-electron chi connectivity index (χ2n) is 6.26. The lowest BCUT2D eigenvalue weighted by Crippen LogP contribution is -2.51. The molecule has 1 saturated carbocycles. The third-order valence-electron chi connectivity index (χ3n) is 4.82. The normalized spacial score (nSPS) is 32.6. The first-order valence-electron chi connectivity index (χ1n) is 7.65. The van der Waals surface area contributed by atoms with E-state index in [4.69, 9.17) is 0 Å². The lowest BCUT2D eigenvalue weighted by molar-refractivity contribution is 0.0924. The fraction of sp³-hybridized carbons (Fsp3) is 1.00. The monoisotopic (exact) mass is 238 g/mol. The zero-order valence-electron chi connectivity index (χ0n) is 11.9. The van der Waals surface area contributed by atoms with Gasteiger partial charge >= 0.3 is 0 Å². The van der Waals surface area contributed by atoms with Crippen LogP contribution in [0, 0.1) is 11.8 Å². The molecule has 0 spiro atoms. The van der Waals surface area contributed by atoms with E-state index in [9.17, 15) is 0 Å². The van der Waals surface area contributed by atoms with Crippen LogP contribution >= 0.6 is 0 Å². The van der Waals surface area contributed by atoms with Crippen molar-refractivity contribution in [1.82, 2.24) is 10.2 Å². The number of unbranched alkanes of at least 4 members (excludes halogenated alkanes) is 1. The number of likely N-dealkylation sites (N-methyl/N-ethyl adjacent to an activating group) is 1. The van der Waals surface area contributed by atoms with Crippen molar-refractivity contribution in [2.45, 2.75) is 64.5 Å². The van der Waals surface area contributed by atoms with Gasteiger partial charge in [-0.05, 0) is 51.5 Å². The van der Waals surface area contributed by atoms with Gasteiger partial charge in [0.25, 0.3) is 0 Å². The highest BCUT2D eigenvalue weighted by atomic mass is 15.2. The van der Waals surface area contributed by atoms with E-state index in [2.05, 4.69) is 31.1 Å². The van der Waals surface area contributed by atoms with Crippen molar-refractivity contribution in [3.05, 3.63) is 0 Å². The van der Waals surface area contributed by atoms with Crippen LogP contribution in [0.3, 0.4) is 0 Å². The van der Waals surface area contributed by atoms with Gasteiger partial charge in [0.05, 0.1) is 0 Å². The van der Waals surface area contributed by atoms with E-state index < -0.39 is 0 Å². The summed E-state index contributed by atoms with van der Waals surface area (Å²) < 4.78 is 0. The molecule has 0 aromatic carbocycles. The molecule has 2 nitrogen and oxygen atoms in total. The van der Waals surface area contributed by atoms with Gasteiger partial charge < -0.3 is 5.32 Å². The molecule has 1 heterocycles. The molecule has 1 saturated heterocycles. The van der Waals surface area contributed by atoms with Gasteiger partial charge in [0.1, 0.15) is 0 Å². The Hall–Kier alpha value is -0.0800. The van der Waals surface area contributed by atoms with Crippen LogP contribution in [-0.2, 0) is 0 Å². The van der Waals surface area contributed by atoms with E-state index in [0.717, 1.165) is 23.9 Å². The van der Waals surface area contributed by atoms with Gasteiger partial charge in [0.2, 0.25) is 0 Å². The highest BCUT2D eigenvalue weighted by molar-refractivity contribution is 4.91. The predicted octanol–water partition coefficient (Wildman–Crippen LogP) is 2.89. The molecule has 0 amide bonds. The molecule has 0 radical (unpaired) electrons. The van der Waals surface area contributed by atoms with Crippen molar-refractivity contribution in [2.24, 2.45) is 11.8 Å². The molecular weight excluding hydrogens is 208 g/mol. The summed E-state index contributed by atoms with van der Waals surface area (Å²) in [6, 6.07) is 1.56. The standard InChI is InChI=1S/C15H30N2/c1-4-5-6-13-9-15(16-3)11-17(10-13)12(2)14-7-8-14/h12-16H,4-11H2,1-3H3. The number of piperidine rings is 1. The van der Waals surface area contributed by atoms with Crippen molar-refractivity contribution >= 4 is 0 Å². The maximum absolute atomic E-state index is 3.51. The lowest BCUT2D eigenvalue weighted by atomic mass is 9.89. The van der Waals surface area contributed by atoms with Crippen LogP contribution in [0.25, 0.3) is 0 Å². The minimum atomic E-state index is 0.729. The summed E-state index contributed by atoms with van der Waals surface area (Å²) in [5.41, 5.74) is 0. The van der Waals surface area contributed by atoms with Gasteiger partial charge in [0.15, 0.2) is 0 Å². The Morgan fingerprint density at radius 1 is 1.29 bits per heavy atom. The maximum Gasteiger partial charge on any atom is 0.0195 e. The van der Waals surface area contributed by atoms with Crippen LogP contribution in [0.5, 0.6) is 0 Å². The molecule has 17 heavy (non-hydrogen) atoms. The minimum absolute atomic E-state index is 0.729. The van der Waals surface area contributed by atoms with Crippen molar-refractivity contribution in [3.63, 3.8) is 0 Å². The maximum atomic E-state index is 3.51. The van der Waals surface area contributed by atoms with Crippen LogP contribution in [0.15, 0.2) is 0 Å². The van der Waals surface area contributed by atoms with Crippen molar-refractivity contribution < 1.29 is 0 Å². The fourth-order valence-corrected chi connectivity index (χ4v) is 3.36. The zero-order valence-corrected chi connectivity index (χ0v) is 11.9. The van der Waals surface area contributed by atoms with Gasteiger partial charge in [0, 0.05) is 25.2 Å². The second kappa shape index (κ2) is 6.19. The average Bonchev–Trinajstić information content (AvgIpc) is 3.19. The summed E-state index contributed by atoms with van der Waals surface area (Å²) >= 11 is 0. The van der Waals surface area contributed by atoms with Crippen LogP contribution in [0.1, 0.15) is 52.4 Å². The topological polar surface area (TPSA) is 15.3 Å². The smallest absolute Gasteiger partial charge is 0.0195 e. The molecule has 2 heteroatoms. The van der Waals surface area contributed by atoms with E-state index in [1.807, 2.05) is 0 Å². The molecule has 1 N–H and O–H groups in total. The molecule has 2 aliphatic rings. The molecule has 0 bridgehead atoms. The van der Waals surface area contributed by atoms with Gasteiger partial charge in [-0.3, -0.25) is 4.90 Å². The van der Waals surface area contributed by atoms with Gasteiger partial charge in [-0.1, -0.05) is 19.8 Å². The molecule has 2 fully saturated rings. The van der Waals surface area contributed by atoms with Crippen LogP contribution < -0.4 is 5.32 Å². The van der Waals surface area contributed by atoms with Crippen LogP contribution in [0.2, 0.25) is 0 Å². The van der Waals surface area contributed by atoms with E-state index >= 15 is 0 Å². The molecule has 2 rings (SSSR count). The Balaban J connectivity index is 1.87. The van der Waals surface area contributed by atoms with Gasteiger partial charge in [-0.25, -0.2) is 0 Å². The Labute approximate surface area is 107 Å². The first-order valence-corrected chi connectivity index (χ1v) is 7.65. The minimum Gasteiger partial charge on any atom is -0.316 e. The zero-order chi connectivity index (χ0) is 12.3. The number of nitrogens with zero attached hydrogens (tertiary/aromatic N) is 1. The largest absolute Gasteiger partial charge is 0.316 e. The molecule has 100 valence electrons. The third kappa shape index (κ3) is 3.69. The summed E-state index contributed by atoms with van der Waals surface area (Å²) in [5, 5.41) is 3.51. The average molecular weight is 238 g/mol. The Bertz CT molecular complexity index is 225. The second-order valence-corrected chi connectivity index (χ2v) is 6.26. The van der Waals surface area contributed by atoms with Crippen molar-refractivity contribution in [1.29, 1.82) is 0 Å².